The van der Waals surface area contributed by atoms with Crippen LogP contribution in [0.15, 0.2) is 30.3 Å². The van der Waals surface area contributed by atoms with E-state index in [4.69, 9.17) is 0 Å². The van der Waals surface area contributed by atoms with Gasteiger partial charge in [0.1, 0.15) is 0 Å². The standard InChI is InChI=1S/C13H20N2O4S2/c1-20(16,17)14-8-10-15(11-9-14)21(18,19)12-7-13-5-3-2-4-6-13/h2-6H,7-12H2,1H3. The van der Waals surface area contributed by atoms with E-state index in [2.05, 4.69) is 0 Å². The van der Waals surface area contributed by atoms with Crippen molar-refractivity contribution < 1.29 is 16.8 Å². The van der Waals surface area contributed by atoms with Gasteiger partial charge in [0.2, 0.25) is 20.0 Å². The fourth-order valence-electron chi connectivity index (χ4n) is 2.30. The molecule has 1 aromatic rings. The monoisotopic (exact) mass is 332 g/mol. The van der Waals surface area contributed by atoms with Gasteiger partial charge in [-0.2, -0.15) is 8.61 Å². The summed E-state index contributed by atoms with van der Waals surface area (Å²) < 4.78 is 50.1. The van der Waals surface area contributed by atoms with E-state index in [1.54, 1.807) is 0 Å². The molecule has 1 fully saturated rings. The first kappa shape index (κ1) is 16.4. The molecule has 0 spiro atoms. The van der Waals surface area contributed by atoms with E-state index in [1.807, 2.05) is 30.3 Å². The second-order valence-electron chi connectivity index (χ2n) is 5.11. The fourth-order valence-corrected chi connectivity index (χ4v) is 4.60. The molecule has 6 nitrogen and oxygen atoms in total. The summed E-state index contributed by atoms with van der Waals surface area (Å²) >= 11 is 0. The van der Waals surface area contributed by atoms with Crippen LogP contribution in [0.25, 0.3) is 0 Å². The van der Waals surface area contributed by atoms with Gasteiger partial charge in [-0.1, -0.05) is 30.3 Å². The van der Waals surface area contributed by atoms with Crippen LogP contribution in [0.3, 0.4) is 0 Å². The van der Waals surface area contributed by atoms with Gasteiger partial charge in [-0.15, -0.1) is 0 Å². The van der Waals surface area contributed by atoms with Crippen LogP contribution in [0, 0.1) is 0 Å². The van der Waals surface area contributed by atoms with Crippen LogP contribution in [0.2, 0.25) is 0 Å². The molecule has 2 rings (SSSR count). The van der Waals surface area contributed by atoms with E-state index in [9.17, 15) is 16.8 Å². The molecule has 118 valence electrons. The van der Waals surface area contributed by atoms with Gasteiger partial charge in [0.25, 0.3) is 0 Å². The number of hydrogen-bond donors (Lipinski definition) is 0. The van der Waals surface area contributed by atoms with Crippen molar-refractivity contribution in [3.8, 4) is 0 Å². The van der Waals surface area contributed by atoms with Gasteiger partial charge < -0.3 is 0 Å². The van der Waals surface area contributed by atoms with E-state index in [-0.39, 0.29) is 31.9 Å². The molecule has 1 aliphatic heterocycles. The van der Waals surface area contributed by atoms with Crippen molar-refractivity contribution in [2.75, 3.05) is 38.2 Å². The van der Waals surface area contributed by atoms with Gasteiger partial charge in [0, 0.05) is 26.2 Å². The van der Waals surface area contributed by atoms with Gasteiger partial charge in [0.15, 0.2) is 0 Å². The Morgan fingerprint density at radius 3 is 1.95 bits per heavy atom. The smallest absolute Gasteiger partial charge is 0.213 e. The van der Waals surface area contributed by atoms with Gasteiger partial charge >= 0.3 is 0 Å². The molecule has 0 unspecified atom stereocenters. The first-order valence-electron chi connectivity index (χ1n) is 6.76. The van der Waals surface area contributed by atoms with Gasteiger partial charge in [0.05, 0.1) is 12.0 Å². The lowest BCUT2D eigenvalue weighted by Crippen LogP contribution is -2.50. The maximum absolute atomic E-state index is 12.3. The molecule has 1 saturated heterocycles. The van der Waals surface area contributed by atoms with Crippen LogP contribution in [-0.4, -0.2) is 63.6 Å². The Kier molecular flexibility index (Phi) is 5.03. The van der Waals surface area contributed by atoms with E-state index < -0.39 is 20.0 Å². The summed E-state index contributed by atoms with van der Waals surface area (Å²) in [5, 5.41) is 0. The molecule has 21 heavy (non-hydrogen) atoms. The largest absolute Gasteiger partial charge is 0.214 e. The summed E-state index contributed by atoms with van der Waals surface area (Å²) in [6.45, 7) is 0.904. The Balaban J connectivity index is 1.93. The molecule has 0 aliphatic carbocycles. The predicted octanol–water partition coefficient (Wildman–Crippen LogP) is 0.136. The molecule has 0 atom stereocenters. The Bertz CT molecular complexity index is 663. The highest BCUT2D eigenvalue weighted by molar-refractivity contribution is 7.89. The van der Waals surface area contributed by atoms with E-state index in [0.717, 1.165) is 11.8 Å². The molecular weight excluding hydrogens is 312 g/mol. The third kappa shape index (κ3) is 4.50. The van der Waals surface area contributed by atoms with Crippen molar-refractivity contribution in [3.05, 3.63) is 35.9 Å². The number of aryl methyl sites for hydroxylation is 1. The molecule has 1 aromatic carbocycles. The second kappa shape index (κ2) is 6.43. The molecule has 0 N–H and O–H groups in total. The average molecular weight is 332 g/mol. The SMILES string of the molecule is CS(=O)(=O)N1CCN(S(=O)(=O)CCc2ccccc2)CC1. The fraction of sp³-hybridized carbons (Fsp3) is 0.538. The summed E-state index contributed by atoms with van der Waals surface area (Å²) in [7, 11) is -6.58. The second-order valence-corrected chi connectivity index (χ2v) is 9.18. The zero-order valence-corrected chi connectivity index (χ0v) is 13.6. The lowest BCUT2D eigenvalue weighted by atomic mass is 10.2. The number of hydrogen-bond acceptors (Lipinski definition) is 4. The third-order valence-corrected chi connectivity index (χ3v) is 6.73. The van der Waals surface area contributed by atoms with Crippen molar-refractivity contribution in [1.82, 2.24) is 8.61 Å². The lowest BCUT2D eigenvalue weighted by molar-refractivity contribution is 0.274. The number of rotatable bonds is 5. The minimum atomic E-state index is -3.34. The zero-order chi connectivity index (χ0) is 15.5. The summed E-state index contributed by atoms with van der Waals surface area (Å²) in [5.74, 6) is 0.0515. The predicted molar refractivity (Wildman–Crippen MR) is 81.9 cm³/mol. The Morgan fingerprint density at radius 1 is 0.905 bits per heavy atom. The molecule has 0 radical (unpaired) electrons. The molecule has 1 aliphatic rings. The molecule has 8 heteroatoms. The van der Waals surface area contributed by atoms with Crippen LogP contribution >= 0.6 is 0 Å². The number of benzene rings is 1. The van der Waals surface area contributed by atoms with Gasteiger partial charge in [-0.05, 0) is 12.0 Å². The van der Waals surface area contributed by atoms with E-state index in [1.165, 1.54) is 8.61 Å². The van der Waals surface area contributed by atoms with Crippen LogP contribution in [0.4, 0.5) is 0 Å². The number of piperazine rings is 1. The van der Waals surface area contributed by atoms with Crippen molar-refractivity contribution in [3.63, 3.8) is 0 Å². The summed E-state index contributed by atoms with van der Waals surface area (Å²) in [6.07, 6.45) is 1.61. The van der Waals surface area contributed by atoms with Crippen LogP contribution < -0.4 is 0 Å². The highest BCUT2D eigenvalue weighted by atomic mass is 32.2. The molecule has 0 amide bonds. The Hall–Kier alpha value is -0.960. The highest BCUT2D eigenvalue weighted by Gasteiger charge is 2.29. The normalized spacial score (nSPS) is 18.7. The topological polar surface area (TPSA) is 74.8 Å². The van der Waals surface area contributed by atoms with Crippen LogP contribution in [-0.2, 0) is 26.5 Å². The maximum atomic E-state index is 12.3. The Labute approximate surface area is 126 Å². The lowest BCUT2D eigenvalue weighted by Gasteiger charge is -2.32. The van der Waals surface area contributed by atoms with Crippen molar-refractivity contribution in [2.24, 2.45) is 0 Å². The van der Waals surface area contributed by atoms with E-state index in [0.29, 0.717) is 6.42 Å². The molecule has 0 aromatic heterocycles. The van der Waals surface area contributed by atoms with Crippen molar-refractivity contribution in [2.45, 2.75) is 6.42 Å². The first-order chi connectivity index (χ1) is 9.79. The molecule has 1 heterocycles. The van der Waals surface area contributed by atoms with Crippen molar-refractivity contribution in [1.29, 1.82) is 0 Å². The molecule has 0 bridgehead atoms. The van der Waals surface area contributed by atoms with Gasteiger partial charge in [-0.3, -0.25) is 0 Å². The van der Waals surface area contributed by atoms with E-state index >= 15 is 0 Å². The summed E-state index contributed by atoms with van der Waals surface area (Å²) in [5.41, 5.74) is 0.982. The quantitative estimate of drug-likeness (QED) is 0.768. The average Bonchev–Trinajstić information content (AvgIpc) is 2.46. The summed E-state index contributed by atoms with van der Waals surface area (Å²) in [6, 6.07) is 9.45. The van der Waals surface area contributed by atoms with Crippen molar-refractivity contribution >= 4 is 20.0 Å². The molecular formula is C13H20N2O4S2. The number of nitrogens with zero attached hydrogens (tertiary/aromatic N) is 2. The highest BCUT2D eigenvalue weighted by Crippen LogP contribution is 2.12. The van der Waals surface area contributed by atoms with Crippen LogP contribution in [0.1, 0.15) is 5.56 Å². The third-order valence-electron chi connectivity index (χ3n) is 3.55. The maximum Gasteiger partial charge on any atom is 0.214 e. The van der Waals surface area contributed by atoms with Crippen LogP contribution in [0.5, 0.6) is 0 Å². The minimum Gasteiger partial charge on any atom is -0.213 e. The zero-order valence-electron chi connectivity index (χ0n) is 12.0. The number of sulfonamides is 2. The van der Waals surface area contributed by atoms with Gasteiger partial charge in [-0.25, -0.2) is 16.8 Å². The Morgan fingerprint density at radius 2 is 1.43 bits per heavy atom. The summed E-state index contributed by atoms with van der Waals surface area (Å²) in [4.78, 5) is 0. The minimum absolute atomic E-state index is 0.0515. The molecule has 0 saturated carbocycles. The first-order valence-corrected chi connectivity index (χ1v) is 10.2.